The van der Waals surface area contributed by atoms with Gasteiger partial charge >= 0.3 is 5.97 Å². The topological polar surface area (TPSA) is 96.3 Å². The summed E-state index contributed by atoms with van der Waals surface area (Å²) in [5.74, 6) is -0.510. The van der Waals surface area contributed by atoms with E-state index in [4.69, 9.17) is 10.00 Å². The molecule has 2 rings (SSSR count). The SMILES string of the molecule is N#Cc1ccc(COC(=O)CCNS(=O)(=O)/C=C/c2ccccc2)cc1. The number of ether oxygens (including phenoxy) is 1. The average Bonchev–Trinajstić information content (AvgIpc) is 2.66. The van der Waals surface area contributed by atoms with Crippen molar-refractivity contribution in [2.75, 3.05) is 6.54 Å². The van der Waals surface area contributed by atoms with Crippen molar-refractivity contribution in [3.63, 3.8) is 0 Å². The third kappa shape index (κ3) is 6.89. The van der Waals surface area contributed by atoms with Crippen LogP contribution in [0.1, 0.15) is 23.1 Å². The smallest absolute Gasteiger partial charge is 0.307 e. The Morgan fingerprint density at radius 2 is 1.81 bits per heavy atom. The molecule has 1 N–H and O–H groups in total. The number of benzene rings is 2. The van der Waals surface area contributed by atoms with Crippen LogP contribution in [0.25, 0.3) is 6.08 Å². The number of esters is 1. The van der Waals surface area contributed by atoms with E-state index in [1.807, 2.05) is 24.3 Å². The van der Waals surface area contributed by atoms with Crippen LogP contribution >= 0.6 is 0 Å². The number of nitriles is 1. The van der Waals surface area contributed by atoms with Gasteiger partial charge in [-0.2, -0.15) is 5.26 Å². The zero-order chi connectivity index (χ0) is 18.8. The molecule has 0 bridgehead atoms. The number of carbonyl (C=O) groups is 1. The highest BCUT2D eigenvalue weighted by atomic mass is 32.2. The summed E-state index contributed by atoms with van der Waals surface area (Å²) in [6, 6.07) is 17.7. The fourth-order valence-electron chi connectivity index (χ4n) is 1.99. The molecule has 0 aliphatic rings. The molecular formula is C19H18N2O4S. The number of sulfonamides is 1. The Morgan fingerprint density at radius 1 is 1.12 bits per heavy atom. The summed E-state index contributed by atoms with van der Waals surface area (Å²) in [4.78, 5) is 11.7. The van der Waals surface area contributed by atoms with Crippen molar-refractivity contribution in [3.05, 3.63) is 76.7 Å². The van der Waals surface area contributed by atoms with E-state index in [0.29, 0.717) is 5.56 Å². The summed E-state index contributed by atoms with van der Waals surface area (Å²) in [5, 5.41) is 9.78. The first-order valence-corrected chi connectivity index (χ1v) is 9.40. The molecule has 0 aliphatic heterocycles. The minimum atomic E-state index is -3.62. The van der Waals surface area contributed by atoms with Crippen LogP contribution in [-0.2, 0) is 26.2 Å². The van der Waals surface area contributed by atoms with Gasteiger partial charge in [0.1, 0.15) is 6.61 Å². The molecule has 2 aromatic rings. The fourth-order valence-corrected chi connectivity index (χ4v) is 2.81. The zero-order valence-corrected chi connectivity index (χ0v) is 14.8. The molecule has 0 aliphatic carbocycles. The molecule has 0 amide bonds. The molecule has 0 spiro atoms. The number of nitrogens with zero attached hydrogens (tertiary/aromatic N) is 1. The molecule has 0 saturated carbocycles. The normalized spacial score (nSPS) is 11.2. The van der Waals surface area contributed by atoms with E-state index >= 15 is 0 Å². The van der Waals surface area contributed by atoms with E-state index < -0.39 is 16.0 Å². The summed E-state index contributed by atoms with van der Waals surface area (Å²) in [7, 11) is -3.62. The van der Waals surface area contributed by atoms with Gasteiger partial charge in [-0.05, 0) is 29.3 Å². The van der Waals surface area contributed by atoms with Crippen molar-refractivity contribution >= 4 is 22.1 Å². The van der Waals surface area contributed by atoms with Gasteiger partial charge in [0.25, 0.3) is 0 Å². The Labute approximate surface area is 152 Å². The van der Waals surface area contributed by atoms with Crippen LogP contribution in [0.2, 0.25) is 0 Å². The fraction of sp³-hybridized carbons (Fsp3) is 0.158. The minimum absolute atomic E-state index is 0.0479. The Kier molecular flexibility index (Phi) is 7.09. The van der Waals surface area contributed by atoms with E-state index in [1.54, 1.807) is 36.4 Å². The summed E-state index contributed by atoms with van der Waals surface area (Å²) in [6.07, 6.45) is 1.40. The maximum atomic E-state index is 11.8. The van der Waals surface area contributed by atoms with Crippen LogP contribution in [0.15, 0.2) is 60.0 Å². The predicted octanol–water partition coefficient (Wildman–Crippen LogP) is 2.58. The maximum Gasteiger partial charge on any atom is 0.307 e. The number of nitrogens with one attached hydrogen (secondary N) is 1. The van der Waals surface area contributed by atoms with Crippen molar-refractivity contribution < 1.29 is 17.9 Å². The van der Waals surface area contributed by atoms with Crippen LogP contribution in [-0.4, -0.2) is 20.9 Å². The quantitative estimate of drug-likeness (QED) is 0.721. The Bertz CT molecular complexity index is 899. The van der Waals surface area contributed by atoms with Gasteiger partial charge in [0.15, 0.2) is 0 Å². The van der Waals surface area contributed by atoms with Gasteiger partial charge in [0.05, 0.1) is 18.1 Å². The van der Waals surface area contributed by atoms with Gasteiger partial charge in [-0.1, -0.05) is 42.5 Å². The van der Waals surface area contributed by atoms with Crippen LogP contribution in [0.3, 0.4) is 0 Å². The molecule has 134 valence electrons. The van der Waals surface area contributed by atoms with E-state index in [0.717, 1.165) is 16.5 Å². The van der Waals surface area contributed by atoms with E-state index in [9.17, 15) is 13.2 Å². The lowest BCUT2D eigenvalue weighted by atomic mass is 10.2. The maximum absolute atomic E-state index is 11.8. The molecule has 0 saturated heterocycles. The predicted molar refractivity (Wildman–Crippen MR) is 98.0 cm³/mol. The van der Waals surface area contributed by atoms with Crippen LogP contribution in [0.4, 0.5) is 0 Å². The molecule has 6 nitrogen and oxygen atoms in total. The summed E-state index contributed by atoms with van der Waals surface area (Å²) < 4.78 is 31.1. The van der Waals surface area contributed by atoms with E-state index in [-0.39, 0.29) is 19.6 Å². The highest BCUT2D eigenvalue weighted by Crippen LogP contribution is 2.06. The van der Waals surface area contributed by atoms with Gasteiger partial charge in [0, 0.05) is 12.0 Å². The van der Waals surface area contributed by atoms with Crippen LogP contribution in [0, 0.1) is 11.3 Å². The first-order valence-electron chi connectivity index (χ1n) is 7.86. The summed E-state index contributed by atoms with van der Waals surface area (Å²) in [6.45, 7) is 0.0267. The summed E-state index contributed by atoms with van der Waals surface area (Å²) in [5.41, 5.74) is 2.04. The van der Waals surface area contributed by atoms with Crippen molar-refractivity contribution in [3.8, 4) is 6.07 Å². The van der Waals surface area contributed by atoms with Crippen LogP contribution < -0.4 is 4.72 Å². The van der Waals surface area contributed by atoms with Gasteiger partial charge < -0.3 is 4.74 Å². The van der Waals surface area contributed by atoms with Crippen molar-refractivity contribution in [2.24, 2.45) is 0 Å². The third-order valence-corrected chi connectivity index (χ3v) is 4.46. The monoisotopic (exact) mass is 370 g/mol. The first-order chi connectivity index (χ1) is 12.5. The number of hydrogen-bond donors (Lipinski definition) is 1. The molecule has 0 radical (unpaired) electrons. The molecule has 0 atom stereocenters. The average molecular weight is 370 g/mol. The highest BCUT2D eigenvalue weighted by Gasteiger charge is 2.08. The number of rotatable bonds is 8. The minimum Gasteiger partial charge on any atom is -0.461 e. The molecular weight excluding hydrogens is 352 g/mol. The first kappa shape index (κ1) is 19.4. The van der Waals surface area contributed by atoms with Gasteiger partial charge in [-0.15, -0.1) is 0 Å². The van der Waals surface area contributed by atoms with Crippen molar-refractivity contribution in [1.29, 1.82) is 5.26 Å². The lowest BCUT2D eigenvalue weighted by Crippen LogP contribution is -2.24. The lowest BCUT2D eigenvalue weighted by Gasteiger charge is -2.06. The Balaban J connectivity index is 1.73. The Morgan fingerprint density at radius 3 is 2.46 bits per heavy atom. The van der Waals surface area contributed by atoms with Crippen molar-refractivity contribution in [2.45, 2.75) is 13.0 Å². The third-order valence-electron chi connectivity index (χ3n) is 3.35. The van der Waals surface area contributed by atoms with Gasteiger partial charge in [-0.25, -0.2) is 13.1 Å². The number of hydrogen-bond acceptors (Lipinski definition) is 5. The zero-order valence-electron chi connectivity index (χ0n) is 14.0. The van der Waals surface area contributed by atoms with E-state index in [1.165, 1.54) is 6.08 Å². The van der Waals surface area contributed by atoms with Crippen LogP contribution in [0.5, 0.6) is 0 Å². The second-order valence-corrected chi connectivity index (χ2v) is 7.02. The van der Waals surface area contributed by atoms with E-state index in [2.05, 4.69) is 4.72 Å². The lowest BCUT2D eigenvalue weighted by molar-refractivity contribution is -0.144. The molecule has 0 aromatic heterocycles. The largest absolute Gasteiger partial charge is 0.461 e. The second kappa shape index (κ2) is 9.51. The number of carbonyl (C=O) groups excluding carboxylic acids is 1. The molecule has 26 heavy (non-hydrogen) atoms. The molecule has 0 heterocycles. The molecule has 0 fully saturated rings. The second-order valence-electron chi connectivity index (χ2n) is 5.37. The molecule has 7 heteroatoms. The van der Waals surface area contributed by atoms with Gasteiger partial charge in [-0.3, -0.25) is 4.79 Å². The standard InChI is InChI=1S/C19H18N2O4S/c20-14-17-6-8-18(9-7-17)15-25-19(22)10-12-21-26(23,24)13-11-16-4-2-1-3-5-16/h1-9,11,13,21H,10,12,15H2/b13-11+. The van der Waals surface area contributed by atoms with Crippen molar-refractivity contribution in [1.82, 2.24) is 4.72 Å². The highest BCUT2D eigenvalue weighted by molar-refractivity contribution is 7.92. The summed E-state index contributed by atoms with van der Waals surface area (Å²) >= 11 is 0. The molecule has 2 aromatic carbocycles. The Hall–Kier alpha value is -2.95. The van der Waals surface area contributed by atoms with Gasteiger partial charge in [0.2, 0.25) is 10.0 Å². The molecule has 0 unspecified atom stereocenters.